The lowest BCUT2D eigenvalue weighted by atomic mass is 10.1. The molecule has 0 aliphatic heterocycles. The van der Waals surface area contributed by atoms with Crippen molar-refractivity contribution in [1.82, 2.24) is 4.90 Å². The van der Waals surface area contributed by atoms with Crippen LogP contribution in [0.4, 0.5) is 8.78 Å². The molecule has 5 nitrogen and oxygen atoms in total. The number of benzene rings is 2. The zero-order chi connectivity index (χ0) is 19.8. The van der Waals surface area contributed by atoms with Crippen LogP contribution in [0.15, 0.2) is 48.5 Å². The highest BCUT2D eigenvalue weighted by atomic mass is 19.2. The topological polar surface area (TPSA) is 66.8 Å². The second kappa shape index (κ2) is 9.78. The number of rotatable bonds is 9. The Morgan fingerprint density at radius 2 is 1.81 bits per heavy atom. The van der Waals surface area contributed by atoms with Crippen LogP contribution in [0, 0.1) is 11.6 Å². The van der Waals surface area contributed by atoms with Crippen molar-refractivity contribution in [3.8, 4) is 0 Å². The molecule has 1 atom stereocenters. The Labute approximate surface area is 156 Å². The first-order valence-electron chi connectivity index (χ1n) is 8.47. The third-order valence-electron chi connectivity index (χ3n) is 3.99. The van der Waals surface area contributed by atoms with Crippen LogP contribution in [0.2, 0.25) is 0 Å². The van der Waals surface area contributed by atoms with Gasteiger partial charge >= 0.3 is 5.97 Å². The van der Waals surface area contributed by atoms with Gasteiger partial charge in [0, 0.05) is 18.7 Å². The highest BCUT2D eigenvalue weighted by Crippen LogP contribution is 2.16. The predicted molar refractivity (Wildman–Crippen MR) is 94.7 cm³/mol. The normalized spacial score (nSPS) is 11.8. The van der Waals surface area contributed by atoms with Crippen molar-refractivity contribution < 1.29 is 28.2 Å². The van der Waals surface area contributed by atoms with Gasteiger partial charge in [-0.3, -0.25) is 9.59 Å². The Kier molecular flexibility index (Phi) is 7.43. The summed E-state index contributed by atoms with van der Waals surface area (Å²) < 4.78 is 32.9. The molecule has 0 aliphatic rings. The van der Waals surface area contributed by atoms with Crippen LogP contribution in [0.5, 0.6) is 0 Å². The van der Waals surface area contributed by atoms with Crippen molar-refractivity contribution in [2.24, 2.45) is 0 Å². The number of carboxylic acid groups (broad SMARTS) is 1. The van der Waals surface area contributed by atoms with Crippen molar-refractivity contribution in [2.45, 2.75) is 32.6 Å². The van der Waals surface area contributed by atoms with E-state index in [1.807, 2.05) is 30.3 Å². The lowest BCUT2D eigenvalue weighted by Crippen LogP contribution is -2.40. The van der Waals surface area contributed by atoms with Gasteiger partial charge in [0.1, 0.15) is 6.10 Å². The maximum absolute atomic E-state index is 13.9. The molecule has 0 aromatic heterocycles. The monoisotopic (exact) mass is 377 g/mol. The van der Waals surface area contributed by atoms with Crippen LogP contribution in [-0.2, 0) is 27.5 Å². The Morgan fingerprint density at radius 3 is 2.48 bits per heavy atom. The van der Waals surface area contributed by atoms with Crippen molar-refractivity contribution in [1.29, 1.82) is 0 Å². The van der Waals surface area contributed by atoms with Gasteiger partial charge in [0.2, 0.25) is 0 Å². The zero-order valence-electron chi connectivity index (χ0n) is 14.9. The number of carboxylic acids is 1. The minimum absolute atomic E-state index is 0.0241. The first kappa shape index (κ1) is 20.5. The van der Waals surface area contributed by atoms with Gasteiger partial charge in [-0.1, -0.05) is 42.5 Å². The van der Waals surface area contributed by atoms with E-state index in [0.29, 0.717) is 0 Å². The third kappa shape index (κ3) is 6.14. The largest absolute Gasteiger partial charge is 0.481 e. The van der Waals surface area contributed by atoms with Crippen molar-refractivity contribution >= 4 is 11.9 Å². The van der Waals surface area contributed by atoms with Crippen molar-refractivity contribution in [3.05, 3.63) is 71.3 Å². The van der Waals surface area contributed by atoms with Crippen molar-refractivity contribution in [2.75, 3.05) is 6.54 Å². The summed E-state index contributed by atoms with van der Waals surface area (Å²) in [6, 6.07) is 12.9. The van der Waals surface area contributed by atoms with E-state index in [9.17, 15) is 18.4 Å². The van der Waals surface area contributed by atoms with Gasteiger partial charge in [0.05, 0.1) is 13.0 Å². The van der Waals surface area contributed by atoms with Crippen LogP contribution in [0.3, 0.4) is 0 Å². The third-order valence-corrected chi connectivity index (χ3v) is 3.99. The van der Waals surface area contributed by atoms with E-state index in [1.165, 1.54) is 17.0 Å². The summed E-state index contributed by atoms with van der Waals surface area (Å²) in [5.41, 5.74) is 0.856. The predicted octanol–water partition coefficient (Wildman–Crippen LogP) is 3.37. The molecule has 0 fully saturated rings. The molecule has 0 heterocycles. The van der Waals surface area contributed by atoms with E-state index in [2.05, 4.69) is 0 Å². The Hall–Kier alpha value is -2.80. The summed E-state index contributed by atoms with van der Waals surface area (Å²) in [6.07, 6.45) is -1.18. The molecule has 0 spiro atoms. The molecule has 0 unspecified atom stereocenters. The Bertz CT molecular complexity index is 783. The highest BCUT2D eigenvalue weighted by Gasteiger charge is 2.23. The van der Waals surface area contributed by atoms with Crippen LogP contribution in [-0.4, -0.2) is 34.5 Å². The summed E-state index contributed by atoms with van der Waals surface area (Å²) >= 11 is 0. The summed E-state index contributed by atoms with van der Waals surface area (Å²) in [7, 11) is 0. The van der Waals surface area contributed by atoms with E-state index in [0.717, 1.165) is 11.6 Å². The lowest BCUT2D eigenvalue weighted by molar-refractivity contribution is -0.145. The fourth-order valence-corrected chi connectivity index (χ4v) is 2.50. The SMILES string of the molecule is C[C@H](OCc1ccccc1)C(=O)N(CCC(=O)O)Cc1cccc(F)c1F. The van der Waals surface area contributed by atoms with Crippen LogP contribution in [0.1, 0.15) is 24.5 Å². The van der Waals surface area contributed by atoms with Crippen molar-refractivity contribution in [3.63, 3.8) is 0 Å². The van der Waals surface area contributed by atoms with Crippen LogP contribution < -0.4 is 0 Å². The molecule has 0 saturated carbocycles. The average molecular weight is 377 g/mol. The van der Waals surface area contributed by atoms with Gasteiger partial charge < -0.3 is 14.7 Å². The summed E-state index contributed by atoms with van der Waals surface area (Å²) in [5.74, 6) is -3.66. The Balaban J connectivity index is 2.07. The molecule has 0 saturated heterocycles. The lowest BCUT2D eigenvalue weighted by Gasteiger charge is -2.26. The summed E-state index contributed by atoms with van der Waals surface area (Å²) in [6.45, 7) is 1.37. The standard InChI is InChI=1S/C20H21F2NO4/c1-14(27-13-15-6-3-2-4-7-15)20(26)23(11-10-18(24)25)12-16-8-5-9-17(21)19(16)22/h2-9,14H,10-13H2,1H3,(H,24,25)/t14-/m0/s1. The highest BCUT2D eigenvalue weighted by molar-refractivity contribution is 5.81. The molecule has 1 amide bonds. The molecule has 144 valence electrons. The van der Waals surface area contributed by atoms with Gasteiger partial charge in [-0.15, -0.1) is 0 Å². The van der Waals surface area contributed by atoms with Gasteiger partial charge in [-0.25, -0.2) is 8.78 Å². The maximum Gasteiger partial charge on any atom is 0.305 e. The molecule has 2 aromatic rings. The van der Waals surface area contributed by atoms with E-state index < -0.39 is 29.6 Å². The molecule has 0 bridgehead atoms. The number of ether oxygens (including phenoxy) is 1. The van der Waals surface area contributed by atoms with E-state index in [1.54, 1.807) is 6.92 Å². The summed E-state index contributed by atoms with van der Waals surface area (Å²) in [4.78, 5) is 24.7. The van der Waals surface area contributed by atoms with Gasteiger partial charge in [0.25, 0.3) is 5.91 Å². The van der Waals surface area contributed by atoms with Crippen LogP contribution >= 0.6 is 0 Å². The quantitative estimate of drug-likeness (QED) is 0.728. The first-order chi connectivity index (χ1) is 12.9. The Morgan fingerprint density at radius 1 is 1.11 bits per heavy atom. The summed E-state index contributed by atoms with van der Waals surface area (Å²) in [5, 5.41) is 8.90. The molecule has 0 radical (unpaired) electrons. The molecule has 27 heavy (non-hydrogen) atoms. The number of hydrogen-bond donors (Lipinski definition) is 1. The van der Waals surface area contributed by atoms with E-state index in [4.69, 9.17) is 9.84 Å². The number of hydrogen-bond acceptors (Lipinski definition) is 3. The molecule has 7 heteroatoms. The number of carbonyl (C=O) groups is 2. The smallest absolute Gasteiger partial charge is 0.305 e. The minimum atomic E-state index is -1.09. The van der Waals surface area contributed by atoms with E-state index in [-0.39, 0.29) is 31.7 Å². The van der Waals surface area contributed by atoms with E-state index >= 15 is 0 Å². The number of aliphatic carboxylic acids is 1. The second-order valence-corrected chi connectivity index (χ2v) is 6.06. The number of carbonyl (C=O) groups excluding carboxylic acids is 1. The van der Waals surface area contributed by atoms with Gasteiger partial charge in [-0.2, -0.15) is 0 Å². The molecule has 1 N–H and O–H groups in total. The molecule has 0 aliphatic carbocycles. The molecule has 2 rings (SSSR count). The molecular formula is C20H21F2NO4. The van der Waals surface area contributed by atoms with Crippen LogP contribution in [0.25, 0.3) is 0 Å². The number of amides is 1. The fourth-order valence-electron chi connectivity index (χ4n) is 2.50. The average Bonchev–Trinajstić information content (AvgIpc) is 2.66. The maximum atomic E-state index is 13.9. The zero-order valence-corrected chi connectivity index (χ0v) is 14.9. The van der Waals surface area contributed by atoms with Gasteiger partial charge in [0.15, 0.2) is 11.6 Å². The second-order valence-electron chi connectivity index (χ2n) is 6.06. The minimum Gasteiger partial charge on any atom is -0.481 e. The first-order valence-corrected chi connectivity index (χ1v) is 8.47. The number of halogens is 2. The fraction of sp³-hybridized carbons (Fsp3) is 0.300. The molecule has 2 aromatic carbocycles. The van der Waals surface area contributed by atoms with Gasteiger partial charge in [-0.05, 0) is 18.6 Å². The number of nitrogens with zero attached hydrogens (tertiary/aromatic N) is 1. The molecular weight excluding hydrogens is 356 g/mol.